The van der Waals surface area contributed by atoms with Crippen LogP contribution in [-0.2, 0) is 6.54 Å². The molecule has 0 amide bonds. The van der Waals surface area contributed by atoms with Crippen molar-refractivity contribution in [3.8, 4) is 11.4 Å². The minimum absolute atomic E-state index is 0.416. The molecule has 4 nitrogen and oxygen atoms in total. The third-order valence-corrected chi connectivity index (χ3v) is 3.66. The fourth-order valence-corrected chi connectivity index (χ4v) is 2.93. The number of hydrogen-bond acceptors (Lipinski definition) is 3. The van der Waals surface area contributed by atoms with Gasteiger partial charge in [-0.2, -0.15) is 0 Å². The molecular weight excluding hydrogens is 282 g/mol. The molecule has 2 aromatic rings. The van der Waals surface area contributed by atoms with Crippen molar-refractivity contribution in [2.24, 2.45) is 0 Å². The van der Waals surface area contributed by atoms with Crippen molar-refractivity contribution in [2.45, 2.75) is 25.5 Å². The van der Waals surface area contributed by atoms with E-state index in [0.29, 0.717) is 0 Å². The number of imidazole rings is 1. The van der Waals surface area contributed by atoms with E-state index in [9.17, 15) is 5.11 Å². The quantitative estimate of drug-likeness (QED) is 0.879. The van der Waals surface area contributed by atoms with E-state index in [1.807, 2.05) is 12.1 Å². The number of rotatable bonds is 1. The summed E-state index contributed by atoms with van der Waals surface area (Å²) < 4.78 is 2.84. The Bertz CT molecular complexity index is 538. The first-order valence-electron chi connectivity index (χ1n) is 5.62. The molecule has 1 aliphatic rings. The van der Waals surface area contributed by atoms with Gasteiger partial charge in [0.05, 0.1) is 11.8 Å². The van der Waals surface area contributed by atoms with Crippen LogP contribution in [0.3, 0.4) is 0 Å². The second kappa shape index (κ2) is 4.23. The Morgan fingerprint density at radius 3 is 2.88 bits per heavy atom. The van der Waals surface area contributed by atoms with Crippen LogP contribution in [0, 0.1) is 0 Å². The lowest BCUT2D eigenvalue weighted by molar-refractivity contribution is 0.138. The Kier molecular flexibility index (Phi) is 2.72. The van der Waals surface area contributed by atoms with Crippen molar-refractivity contribution < 1.29 is 5.11 Å². The summed E-state index contributed by atoms with van der Waals surface area (Å²) in [4.78, 5) is 8.51. The summed E-state index contributed by atoms with van der Waals surface area (Å²) >= 11 is 3.43. The minimum Gasteiger partial charge on any atom is -0.387 e. The van der Waals surface area contributed by atoms with Crippen LogP contribution in [0.4, 0.5) is 0 Å². The van der Waals surface area contributed by atoms with Crippen molar-refractivity contribution in [1.29, 1.82) is 0 Å². The van der Waals surface area contributed by atoms with Gasteiger partial charge in [-0.1, -0.05) is 0 Å². The Balaban J connectivity index is 2.17. The van der Waals surface area contributed by atoms with Gasteiger partial charge in [0.25, 0.3) is 0 Å². The number of fused-ring (bicyclic) bond motifs is 1. The molecule has 1 N–H and O–H groups in total. The highest BCUT2D eigenvalue weighted by Crippen LogP contribution is 2.35. The highest BCUT2D eigenvalue weighted by molar-refractivity contribution is 9.10. The average molecular weight is 294 g/mol. The summed E-state index contributed by atoms with van der Waals surface area (Å²) in [6, 6.07) is 3.87. The molecule has 0 aromatic carbocycles. The topological polar surface area (TPSA) is 50.9 Å². The van der Waals surface area contributed by atoms with Crippen molar-refractivity contribution in [3.63, 3.8) is 0 Å². The Morgan fingerprint density at radius 1 is 1.35 bits per heavy atom. The molecule has 5 heteroatoms. The first-order valence-corrected chi connectivity index (χ1v) is 6.41. The zero-order chi connectivity index (χ0) is 11.8. The fraction of sp³-hybridized carbons (Fsp3) is 0.333. The summed E-state index contributed by atoms with van der Waals surface area (Å²) in [5.41, 5.74) is 1.92. The Morgan fingerprint density at radius 2 is 2.12 bits per heavy atom. The van der Waals surface area contributed by atoms with Gasteiger partial charge in [-0.25, -0.2) is 4.98 Å². The third-order valence-electron chi connectivity index (χ3n) is 3.08. The van der Waals surface area contributed by atoms with E-state index >= 15 is 0 Å². The van der Waals surface area contributed by atoms with Gasteiger partial charge < -0.3 is 9.67 Å². The average Bonchev–Trinajstić information content (AvgIpc) is 2.69. The molecular formula is C12H12BrN3O. The predicted molar refractivity (Wildman–Crippen MR) is 67.4 cm³/mol. The number of halogens is 1. The molecule has 0 radical (unpaired) electrons. The standard InChI is InChI=1S/C12H12BrN3O/c13-11-10-9(17)2-1-7-16(10)12(15-11)8-3-5-14-6-4-8/h3-6,9,17H,1-2,7H2. The zero-order valence-corrected chi connectivity index (χ0v) is 10.8. The van der Waals surface area contributed by atoms with Gasteiger partial charge in [0, 0.05) is 24.5 Å². The van der Waals surface area contributed by atoms with Gasteiger partial charge in [-0.3, -0.25) is 4.98 Å². The number of aromatic nitrogens is 3. The molecule has 0 fully saturated rings. The SMILES string of the molecule is OC1CCCn2c(-c3ccncc3)nc(Br)c21. The molecule has 3 rings (SSSR count). The van der Waals surface area contributed by atoms with E-state index < -0.39 is 6.10 Å². The Labute approximate surface area is 107 Å². The highest BCUT2D eigenvalue weighted by atomic mass is 79.9. The number of hydrogen-bond donors (Lipinski definition) is 1. The van der Waals surface area contributed by atoms with E-state index in [2.05, 4.69) is 30.5 Å². The maximum absolute atomic E-state index is 10.00. The summed E-state index contributed by atoms with van der Waals surface area (Å²) in [6.07, 6.45) is 4.88. The zero-order valence-electron chi connectivity index (χ0n) is 9.17. The van der Waals surface area contributed by atoms with Crippen molar-refractivity contribution in [2.75, 3.05) is 0 Å². The van der Waals surface area contributed by atoms with Gasteiger partial charge in [0.2, 0.25) is 0 Å². The lowest BCUT2D eigenvalue weighted by Crippen LogP contribution is -2.15. The van der Waals surface area contributed by atoms with Crippen LogP contribution in [0.15, 0.2) is 29.1 Å². The Hall–Kier alpha value is -1.20. The molecule has 0 bridgehead atoms. The lowest BCUT2D eigenvalue weighted by Gasteiger charge is -2.21. The van der Waals surface area contributed by atoms with Crippen LogP contribution in [0.5, 0.6) is 0 Å². The fourth-order valence-electron chi connectivity index (χ4n) is 2.28. The van der Waals surface area contributed by atoms with Gasteiger partial charge in [-0.15, -0.1) is 0 Å². The maximum atomic E-state index is 10.00. The number of aliphatic hydroxyl groups excluding tert-OH is 1. The molecule has 0 aliphatic carbocycles. The van der Waals surface area contributed by atoms with Crippen LogP contribution in [0.25, 0.3) is 11.4 Å². The molecule has 88 valence electrons. The number of aliphatic hydroxyl groups is 1. The maximum Gasteiger partial charge on any atom is 0.141 e. The van der Waals surface area contributed by atoms with Crippen LogP contribution < -0.4 is 0 Å². The smallest absolute Gasteiger partial charge is 0.141 e. The number of pyridine rings is 1. The van der Waals surface area contributed by atoms with E-state index in [-0.39, 0.29) is 0 Å². The van der Waals surface area contributed by atoms with Gasteiger partial charge in [0.15, 0.2) is 0 Å². The molecule has 0 saturated carbocycles. The molecule has 2 aromatic heterocycles. The van der Waals surface area contributed by atoms with Gasteiger partial charge in [0.1, 0.15) is 10.4 Å². The van der Waals surface area contributed by atoms with Crippen LogP contribution >= 0.6 is 15.9 Å². The second-order valence-corrected chi connectivity index (χ2v) is 4.91. The second-order valence-electron chi connectivity index (χ2n) is 4.16. The summed E-state index contributed by atoms with van der Waals surface area (Å²) in [7, 11) is 0. The molecule has 0 saturated heterocycles. The van der Waals surface area contributed by atoms with E-state index in [0.717, 1.165) is 41.1 Å². The first kappa shape index (κ1) is 10.9. The highest BCUT2D eigenvalue weighted by Gasteiger charge is 2.25. The molecule has 1 atom stereocenters. The molecule has 0 spiro atoms. The van der Waals surface area contributed by atoms with Crippen molar-refractivity contribution >= 4 is 15.9 Å². The first-order chi connectivity index (χ1) is 8.27. The van der Waals surface area contributed by atoms with Crippen LogP contribution in [-0.4, -0.2) is 19.6 Å². The molecule has 1 aliphatic heterocycles. The van der Waals surface area contributed by atoms with Crippen molar-refractivity contribution in [1.82, 2.24) is 14.5 Å². The van der Waals surface area contributed by atoms with Gasteiger partial charge in [-0.05, 0) is 40.9 Å². The molecule has 1 unspecified atom stereocenters. The predicted octanol–water partition coefficient (Wildman–Crippen LogP) is 2.53. The van der Waals surface area contributed by atoms with Crippen LogP contribution in [0.1, 0.15) is 24.6 Å². The number of nitrogens with zero attached hydrogens (tertiary/aromatic N) is 3. The van der Waals surface area contributed by atoms with E-state index in [4.69, 9.17) is 0 Å². The van der Waals surface area contributed by atoms with Gasteiger partial charge >= 0.3 is 0 Å². The molecule has 3 heterocycles. The normalized spacial score (nSPS) is 19.1. The van der Waals surface area contributed by atoms with Crippen LogP contribution in [0.2, 0.25) is 0 Å². The summed E-state index contributed by atoms with van der Waals surface area (Å²) in [5, 5.41) is 10.00. The summed E-state index contributed by atoms with van der Waals surface area (Å²) in [5.74, 6) is 0.896. The third kappa shape index (κ3) is 1.79. The van der Waals surface area contributed by atoms with E-state index in [1.54, 1.807) is 12.4 Å². The molecule has 17 heavy (non-hydrogen) atoms. The monoisotopic (exact) mass is 293 g/mol. The van der Waals surface area contributed by atoms with E-state index in [1.165, 1.54) is 0 Å². The largest absolute Gasteiger partial charge is 0.387 e. The lowest BCUT2D eigenvalue weighted by atomic mass is 10.1. The summed E-state index contributed by atoms with van der Waals surface area (Å²) in [6.45, 7) is 0.905. The van der Waals surface area contributed by atoms with Crippen molar-refractivity contribution in [3.05, 3.63) is 34.8 Å². The minimum atomic E-state index is -0.416.